The number of nitrogens with zero attached hydrogens (tertiary/aromatic N) is 1. The van der Waals surface area contributed by atoms with Gasteiger partial charge in [-0.05, 0) is 34.5 Å². The van der Waals surface area contributed by atoms with E-state index in [-0.39, 0.29) is 5.91 Å². The first-order valence-electron chi connectivity index (χ1n) is 4.64. The Hall–Kier alpha value is -0.900. The second-order valence-electron chi connectivity index (χ2n) is 2.99. The van der Waals surface area contributed by atoms with Crippen molar-refractivity contribution in [3.8, 4) is 0 Å². The summed E-state index contributed by atoms with van der Waals surface area (Å²) in [5.74, 6) is 0.0422. The zero-order valence-corrected chi connectivity index (χ0v) is 9.67. The van der Waals surface area contributed by atoms with Gasteiger partial charge in [0.25, 0.3) is 0 Å². The smallest absolute Gasteiger partial charge is 0.224 e. The molecule has 0 aliphatic heterocycles. The molecule has 1 amide bonds. The lowest BCUT2D eigenvalue weighted by Gasteiger charge is -2.05. The van der Waals surface area contributed by atoms with Crippen molar-refractivity contribution in [2.24, 2.45) is 0 Å². The summed E-state index contributed by atoms with van der Waals surface area (Å²) in [6.45, 7) is 2.06. The largest absolute Gasteiger partial charge is 0.324 e. The molecule has 0 atom stereocenters. The lowest BCUT2D eigenvalue weighted by atomic mass is 10.2. The summed E-state index contributed by atoms with van der Waals surface area (Å²) in [4.78, 5) is 15.4. The number of anilines is 1. The number of hydrogen-bond acceptors (Lipinski definition) is 2. The maximum absolute atomic E-state index is 11.4. The summed E-state index contributed by atoms with van der Waals surface area (Å²) >= 11 is 3.27. The predicted molar refractivity (Wildman–Crippen MR) is 60.1 cm³/mol. The number of carbonyl (C=O) groups is 1. The van der Waals surface area contributed by atoms with E-state index in [4.69, 9.17) is 0 Å². The van der Waals surface area contributed by atoms with Crippen LogP contribution in [0.4, 0.5) is 5.69 Å². The fourth-order valence-corrected chi connectivity index (χ4v) is 1.38. The molecule has 0 saturated heterocycles. The molecule has 0 aromatic carbocycles. The van der Waals surface area contributed by atoms with Crippen LogP contribution < -0.4 is 5.32 Å². The summed E-state index contributed by atoms with van der Waals surface area (Å²) in [6.07, 6.45) is 4.19. The predicted octanol–water partition coefficient (Wildman–Crippen LogP) is 2.97. The zero-order valence-electron chi connectivity index (χ0n) is 8.09. The van der Waals surface area contributed by atoms with E-state index in [1.165, 1.54) is 0 Å². The normalized spacial score (nSPS) is 9.86. The van der Waals surface area contributed by atoms with Crippen molar-refractivity contribution in [2.75, 3.05) is 5.32 Å². The van der Waals surface area contributed by atoms with Crippen molar-refractivity contribution in [3.05, 3.63) is 22.9 Å². The number of rotatable bonds is 4. The van der Waals surface area contributed by atoms with E-state index in [1.807, 2.05) is 6.07 Å². The van der Waals surface area contributed by atoms with Gasteiger partial charge in [-0.15, -0.1) is 0 Å². The minimum Gasteiger partial charge on any atom is -0.324 e. The molecule has 0 fully saturated rings. The molecule has 3 nitrogen and oxygen atoms in total. The maximum Gasteiger partial charge on any atom is 0.224 e. The van der Waals surface area contributed by atoms with Crippen molar-refractivity contribution in [1.82, 2.24) is 4.98 Å². The zero-order chi connectivity index (χ0) is 10.4. The van der Waals surface area contributed by atoms with Gasteiger partial charge in [0.1, 0.15) is 4.60 Å². The summed E-state index contributed by atoms with van der Waals surface area (Å²) < 4.78 is 0.671. The Morgan fingerprint density at radius 2 is 2.43 bits per heavy atom. The maximum atomic E-state index is 11.4. The summed E-state index contributed by atoms with van der Waals surface area (Å²) in [5.41, 5.74) is 0.730. The number of halogens is 1. The Balaban J connectivity index is 2.52. The summed E-state index contributed by atoms with van der Waals surface area (Å²) in [7, 11) is 0. The van der Waals surface area contributed by atoms with Crippen LogP contribution in [0.15, 0.2) is 22.9 Å². The van der Waals surface area contributed by atoms with Gasteiger partial charge in [0.2, 0.25) is 5.91 Å². The first kappa shape index (κ1) is 11.2. The fourth-order valence-electron chi connectivity index (χ4n) is 1.03. The highest BCUT2D eigenvalue weighted by Crippen LogP contribution is 2.18. The minimum absolute atomic E-state index is 0.0422. The molecule has 14 heavy (non-hydrogen) atoms. The molecule has 0 saturated carbocycles. The van der Waals surface area contributed by atoms with Crippen LogP contribution in [-0.4, -0.2) is 10.9 Å². The topological polar surface area (TPSA) is 42.0 Å². The van der Waals surface area contributed by atoms with Gasteiger partial charge in [-0.2, -0.15) is 0 Å². The van der Waals surface area contributed by atoms with Gasteiger partial charge in [-0.3, -0.25) is 4.79 Å². The minimum atomic E-state index is 0.0422. The van der Waals surface area contributed by atoms with E-state index in [0.29, 0.717) is 11.0 Å². The Labute approximate surface area is 92.1 Å². The van der Waals surface area contributed by atoms with Gasteiger partial charge in [-0.1, -0.05) is 13.3 Å². The van der Waals surface area contributed by atoms with Gasteiger partial charge in [0.15, 0.2) is 0 Å². The molecule has 1 N–H and O–H groups in total. The number of aromatic nitrogens is 1. The number of nitrogens with one attached hydrogen (secondary N) is 1. The lowest BCUT2D eigenvalue weighted by Crippen LogP contribution is -2.11. The molecule has 1 rings (SSSR count). The third-order valence-corrected chi connectivity index (χ3v) is 2.42. The molecule has 4 heteroatoms. The molecule has 0 bridgehead atoms. The van der Waals surface area contributed by atoms with Crippen molar-refractivity contribution in [2.45, 2.75) is 26.2 Å². The van der Waals surface area contributed by atoms with Crippen molar-refractivity contribution in [1.29, 1.82) is 0 Å². The molecular formula is C10H13BrN2O. The van der Waals surface area contributed by atoms with E-state index in [9.17, 15) is 4.79 Å². The van der Waals surface area contributed by atoms with Crippen LogP contribution >= 0.6 is 15.9 Å². The van der Waals surface area contributed by atoms with Crippen molar-refractivity contribution in [3.63, 3.8) is 0 Å². The number of hydrogen-bond donors (Lipinski definition) is 1. The third-order valence-electron chi connectivity index (χ3n) is 1.79. The second-order valence-corrected chi connectivity index (χ2v) is 3.74. The van der Waals surface area contributed by atoms with Gasteiger partial charge in [0, 0.05) is 12.6 Å². The van der Waals surface area contributed by atoms with E-state index in [1.54, 1.807) is 12.3 Å². The van der Waals surface area contributed by atoms with E-state index in [2.05, 4.69) is 33.2 Å². The molecule has 0 aliphatic rings. The SMILES string of the molecule is CCCCC(=O)Nc1cccnc1Br. The quantitative estimate of drug-likeness (QED) is 0.842. The Morgan fingerprint density at radius 1 is 1.64 bits per heavy atom. The van der Waals surface area contributed by atoms with Gasteiger partial charge in [-0.25, -0.2) is 4.98 Å². The van der Waals surface area contributed by atoms with Crippen LogP contribution in [0.2, 0.25) is 0 Å². The van der Waals surface area contributed by atoms with Crippen molar-refractivity contribution >= 4 is 27.5 Å². The average Bonchev–Trinajstić information content (AvgIpc) is 2.18. The monoisotopic (exact) mass is 256 g/mol. The molecule has 1 heterocycles. The molecule has 0 aliphatic carbocycles. The van der Waals surface area contributed by atoms with E-state index < -0.39 is 0 Å². The molecule has 76 valence electrons. The molecule has 1 aromatic rings. The Kier molecular flexibility index (Phi) is 4.59. The van der Waals surface area contributed by atoms with Gasteiger partial charge in [0.05, 0.1) is 5.69 Å². The fraction of sp³-hybridized carbons (Fsp3) is 0.400. The summed E-state index contributed by atoms with van der Waals surface area (Å²) in [5, 5.41) is 2.80. The van der Waals surface area contributed by atoms with Crippen LogP contribution in [0.25, 0.3) is 0 Å². The number of pyridine rings is 1. The Bertz CT molecular complexity index is 315. The van der Waals surface area contributed by atoms with Gasteiger partial charge >= 0.3 is 0 Å². The first-order valence-corrected chi connectivity index (χ1v) is 5.43. The highest BCUT2D eigenvalue weighted by molar-refractivity contribution is 9.10. The van der Waals surface area contributed by atoms with Crippen LogP contribution in [0.1, 0.15) is 26.2 Å². The summed E-state index contributed by atoms with van der Waals surface area (Å²) in [6, 6.07) is 3.61. The second kappa shape index (κ2) is 5.75. The van der Waals surface area contributed by atoms with Crippen molar-refractivity contribution < 1.29 is 4.79 Å². The van der Waals surface area contributed by atoms with Gasteiger partial charge < -0.3 is 5.32 Å². The first-order chi connectivity index (χ1) is 6.74. The van der Waals surface area contributed by atoms with E-state index >= 15 is 0 Å². The van der Waals surface area contributed by atoms with E-state index in [0.717, 1.165) is 18.5 Å². The highest BCUT2D eigenvalue weighted by Gasteiger charge is 2.04. The Morgan fingerprint density at radius 3 is 3.07 bits per heavy atom. The molecule has 0 radical (unpaired) electrons. The van der Waals surface area contributed by atoms with Crippen LogP contribution in [-0.2, 0) is 4.79 Å². The number of unbranched alkanes of at least 4 members (excludes halogenated alkanes) is 1. The molecular weight excluding hydrogens is 244 g/mol. The number of carbonyl (C=O) groups excluding carboxylic acids is 1. The third kappa shape index (κ3) is 3.46. The average molecular weight is 257 g/mol. The van der Waals surface area contributed by atoms with Crippen LogP contribution in [0.3, 0.4) is 0 Å². The molecule has 0 spiro atoms. The lowest BCUT2D eigenvalue weighted by molar-refractivity contribution is -0.116. The standard InChI is InChI=1S/C10H13BrN2O/c1-2-3-6-9(14)13-8-5-4-7-12-10(8)11/h4-5,7H,2-3,6H2,1H3,(H,13,14). The van der Waals surface area contributed by atoms with Crippen LogP contribution in [0, 0.1) is 0 Å². The number of amides is 1. The molecule has 0 unspecified atom stereocenters. The van der Waals surface area contributed by atoms with Crippen LogP contribution in [0.5, 0.6) is 0 Å². The highest BCUT2D eigenvalue weighted by atomic mass is 79.9. The molecule has 1 aromatic heterocycles.